The van der Waals surface area contributed by atoms with E-state index in [1.807, 2.05) is 0 Å². The van der Waals surface area contributed by atoms with Crippen molar-refractivity contribution >= 4 is 17.6 Å². The fraction of sp³-hybridized carbons (Fsp3) is 0.250. The van der Waals surface area contributed by atoms with E-state index in [9.17, 15) is 9.59 Å². The lowest BCUT2D eigenvalue weighted by molar-refractivity contribution is 0.0589. The fourth-order valence-corrected chi connectivity index (χ4v) is 2.60. The molecule has 3 rings (SSSR count). The van der Waals surface area contributed by atoms with E-state index in [-0.39, 0.29) is 11.6 Å². The maximum Gasteiger partial charge on any atom is 0.358 e. The number of aryl methyl sites for hydroxylation is 3. The van der Waals surface area contributed by atoms with Crippen LogP contribution in [-0.4, -0.2) is 49.0 Å². The molecule has 3 aromatic rings. The topological polar surface area (TPSA) is 117 Å². The van der Waals surface area contributed by atoms with E-state index >= 15 is 0 Å². The average molecular weight is 355 g/mol. The largest absolute Gasteiger partial charge is 0.464 e. The van der Waals surface area contributed by atoms with Crippen molar-refractivity contribution in [1.82, 2.24) is 30.0 Å². The first-order valence-electron chi connectivity index (χ1n) is 7.68. The van der Waals surface area contributed by atoms with Gasteiger partial charge in [-0.15, -0.1) is 5.10 Å². The molecule has 2 aromatic heterocycles. The van der Waals surface area contributed by atoms with Crippen LogP contribution in [0.4, 0.5) is 5.69 Å². The minimum atomic E-state index is -0.581. The number of hydrogen-bond acceptors (Lipinski definition) is 7. The van der Waals surface area contributed by atoms with Crippen molar-refractivity contribution in [2.45, 2.75) is 6.92 Å². The van der Waals surface area contributed by atoms with E-state index in [2.05, 4.69) is 25.9 Å². The van der Waals surface area contributed by atoms with Gasteiger partial charge in [-0.25, -0.2) is 9.48 Å². The first-order valence-corrected chi connectivity index (χ1v) is 7.68. The Morgan fingerprint density at radius 3 is 2.62 bits per heavy atom. The third-order valence-electron chi connectivity index (χ3n) is 3.84. The molecule has 0 saturated heterocycles. The van der Waals surface area contributed by atoms with Crippen LogP contribution in [0.3, 0.4) is 0 Å². The summed E-state index contributed by atoms with van der Waals surface area (Å²) in [5.74, 6) is -0.432. The lowest BCUT2D eigenvalue weighted by Gasteiger charge is -2.08. The number of tetrazole rings is 1. The fourth-order valence-electron chi connectivity index (χ4n) is 2.60. The molecule has 26 heavy (non-hydrogen) atoms. The summed E-state index contributed by atoms with van der Waals surface area (Å²) in [6.45, 7) is 1.70. The van der Waals surface area contributed by atoms with Crippen LogP contribution in [-0.2, 0) is 18.8 Å². The summed E-state index contributed by atoms with van der Waals surface area (Å²) < 4.78 is 7.65. The number of nitrogens with zero attached hydrogens (tertiary/aromatic N) is 6. The van der Waals surface area contributed by atoms with E-state index in [1.165, 1.54) is 16.5 Å². The molecule has 0 aliphatic heterocycles. The van der Waals surface area contributed by atoms with Crippen molar-refractivity contribution < 1.29 is 14.3 Å². The summed E-state index contributed by atoms with van der Waals surface area (Å²) in [6.07, 6.45) is 0. The van der Waals surface area contributed by atoms with E-state index in [4.69, 9.17) is 4.74 Å². The summed E-state index contributed by atoms with van der Waals surface area (Å²) in [5.41, 5.74) is 2.09. The number of rotatable bonds is 4. The van der Waals surface area contributed by atoms with Gasteiger partial charge in [-0.3, -0.25) is 9.48 Å². The van der Waals surface area contributed by atoms with Gasteiger partial charge in [0.1, 0.15) is 0 Å². The Hall–Kier alpha value is -3.56. The molecule has 134 valence electrons. The van der Waals surface area contributed by atoms with Crippen molar-refractivity contribution in [2.24, 2.45) is 14.1 Å². The Morgan fingerprint density at radius 2 is 1.96 bits per heavy atom. The van der Waals surface area contributed by atoms with Gasteiger partial charge in [-0.05, 0) is 29.5 Å². The smallest absolute Gasteiger partial charge is 0.358 e. The van der Waals surface area contributed by atoms with Crippen LogP contribution in [0.25, 0.3) is 11.4 Å². The molecule has 0 spiro atoms. The minimum Gasteiger partial charge on any atom is -0.464 e. The molecule has 1 N–H and O–H groups in total. The molecule has 0 fully saturated rings. The van der Waals surface area contributed by atoms with Crippen molar-refractivity contribution in [3.8, 4) is 11.4 Å². The first-order chi connectivity index (χ1) is 12.4. The highest BCUT2D eigenvalue weighted by Gasteiger charge is 2.23. The molecular formula is C16H17N7O3. The standard InChI is InChI=1S/C16H17N7O3/c1-9-12(13(16(25)26-4)22(2)19-9)17-15(24)11-7-5-6-10(8-11)14-18-20-21-23(14)3/h5-8H,1-4H3,(H,17,24). The highest BCUT2D eigenvalue weighted by molar-refractivity contribution is 6.08. The number of esters is 1. The highest BCUT2D eigenvalue weighted by Crippen LogP contribution is 2.22. The molecule has 1 amide bonds. The van der Waals surface area contributed by atoms with Crippen LogP contribution in [0.2, 0.25) is 0 Å². The second kappa shape index (κ2) is 6.75. The molecule has 1 aromatic carbocycles. The zero-order chi connectivity index (χ0) is 18.8. The molecule has 0 atom stereocenters. The summed E-state index contributed by atoms with van der Waals surface area (Å²) in [5, 5.41) is 18.2. The van der Waals surface area contributed by atoms with Gasteiger partial charge in [0.15, 0.2) is 11.5 Å². The van der Waals surface area contributed by atoms with E-state index in [0.717, 1.165) is 0 Å². The number of ether oxygens (including phenoxy) is 1. The molecule has 0 unspecified atom stereocenters. The average Bonchev–Trinajstić information content (AvgIpc) is 3.17. The van der Waals surface area contributed by atoms with Gasteiger partial charge in [0, 0.05) is 25.2 Å². The van der Waals surface area contributed by atoms with Crippen LogP contribution in [0.5, 0.6) is 0 Å². The zero-order valence-corrected chi connectivity index (χ0v) is 14.7. The Labute approximate surface area is 148 Å². The Kier molecular flexibility index (Phi) is 4.48. The number of methoxy groups -OCH3 is 1. The molecule has 0 aliphatic rings. The molecule has 10 nitrogen and oxygen atoms in total. The summed E-state index contributed by atoms with van der Waals surface area (Å²) in [7, 11) is 4.59. The van der Waals surface area contributed by atoms with Gasteiger partial charge in [-0.1, -0.05) is 12.1 Å². The number of hydrogen-bond donors (Lipinski definition) is 1. The molecular weight excluding hydrogens is 338 g/mol. The second-order valence-corrected chi connectivity index (χ2v) is 5.59. The van der Waals surface area contributed by atoms with Crippen LogP contribution in [0.15, 0.2) is 24.3 Å². The Bertz CT molecular complexity index is 990. The molecule has 0 radical (unpaired) electrons. The predicted molar refractivity (Wildman–Crippen MR) is 91.5 cm³/mol. The molecule has 0 bridgehead atoms. The van der Waals surface area contributed by atoms with Crippen molar-refractivity contribution in [1.29, 1.82) is 0 Å². The van der Waals surface area contributed by atoms with E-state index in [0.29, 0.717) is 28.3 Å². The van der Waals surface area contributed by atoms with Crippen LogP contribution < -0.4 is 5.32 Å². The summed E-state index contributed by atoms with van der Waals surface area (Å²) >= 11 is 0. The quantitative estimate of drug-likeness (QED) is 0.693. The van der Waals surface area contributed by atoms with Gasteiger partial charge in [-0.2, -0.15) is 5.10 Å². The third kappa shape index (κ3) is 3.04. The third-order valence-corrected chi connectivity index (χ3v) is 3.84. The van der Waals surface area contributed by atoms with E-state index in [1.54, 1.807) is 45.3 Å². The normalized spacial score (nSPS) is 10.6. The van der Waals surface area contributed by atoms with Gasteiger partial charge in [0.2, 0.25) is 0 Å². The number of amides is 1. The van der Waals surface area contributed by atoms with Crippen molar-refractivity contribution in [3.05, 3.63) is 41.2 Å². The second-order valence-electron chi connectivity index (χ2n) is 5.59. The molecule has 0 aliphatic carbocycles. The van der Waals surface area contributed by atoms with Crippen LogP contribution >= 0.6 is 0 Å². The first kappa shape index (κ1) is 17.3. The number of carbonyl (C=O) groups is 2. The Morgan fingerprint density at radius 1 is 1.19 bits per heavy atom. The maximum atomic E-state index is 12.7. The SMILES string of the molecule is COC(=O)c1c(NC(=O)c2cccc(-c3nnnn3C)c2)c(C)nn1C. The number of nitrogens with one attached hydrogen (secondary N) is 1. The van der Waals surface area contributed by atoms with E-state index < -0.39 is 5.97 Å². The molecule has 0 saturated carbocycles. The molecule has 10 heteroatoms. The van der Waals surface area contributed by atoms with Gasteiger partial charge >= 0.3 is 5.97 Å². The summed E-state index contributed by atoms with van der Waals surface area (Å²) in [4.78, 5) is 24.7. The Balaban J connectivity index is 1.93. The lowest BCUT2D eigenvalue weighted by atomic mass is 10.1. The zero-order valence-electron chi connectivity index (χ0n) is 14.7. The monoisotopic (exact) mass is 355 g/mol. The van der Waals surface area contributed by atoms with Gasteiger partial charge < -0.3 is 10.1 Å². The number of aromatic nitrogens is 6. The number of anilines is 1. The van der Waals surface area contributed by atoms with Crippen LogP contribution in [0, 0.1) is 6.92 Å². The summed E-state index contributed by atoms with van der Waals surface area (Å²) in [6, 6.07) is 6.87. The highest BCUT2D eigenvalue weighted by atomic mass is 16.5. The number of benzene rings is 1. The van der Waals surface area contributed by atoms with Crippen molar-refractivity contribution in [2.75, 3.05) is 12.4 Å². The van der Waals surface area contributed by atoms with Crippen molar-refractivity contribution in [3.63, 3.8) is 0 Å². The lowest BCUT2D eigenvalue weighted by Crippen LogP contribution is -2.17. The van der Waals surface area contributed by atoms with Gasteiger partial charge in [0.25, 0.3) is 5.91 Å². The minimum absolute atomic E-state index is 0.173. The van der Waals surface area contributed by atoms with Gasteiger partial charge in [0.05, 0.1) is 18.5 Å². The van der Waals surface area contributed by atoms with Crippen LogP contribution in [0.1, 0.15) is 26.5 Å². The maximum absolute atomic E-state index is 12.7. The number of carbonyl (C=O) groups excluding carboxylic acids is 2. The predicted octanol–water partition coefficient (Wildman–Crippen LogP) is 0.958. The molecule has 2 heterocycles.